The first-order valence-electron chi connectivity index (χ1n) is 6.28. The molecule has 1 heterocycles. The van der Waals surface area contributed by atoms with Gasteiger partial charge in [0, 0.05) is 11.4 Å². The first-order chi connectivity index (χ1) is 8.99. The van der Waals surface area contributed by atoms with E-state index in [9.17, 15) is 0 Å². The van der Waals surface area contributed by atoms with Crippen molar-refractivity contribution in [3.8, 4) is 0 Å². The molecule has 1 aromatic heterocycles. The molecule has 0 aliphatic carbocycles. The molecule has 0 aliphatic rings. The minimum absolute atomic E-state index is 0.186. The molecule has 0 saturated carbocycles. The van der Waals surface area contributed by atoms with Crippen LogP contribution in [0.15, 0.2) is 46.6 Å². The zero-order valence-corrected chi connectivity index (χ0v) is 12.4. The Morgan fingerprint density at radius 1 is 1.05 bits per heavy atom. The highest BCUT2D eigenvalue weighted by Crippen LogP contribution is 2.28. The largest absolute Gasteiger partial charge is 0.325 e. The fourth-order valence-electron chi connectivity index (χ4n) is 1.64. The molecule has 0 radical (unpaired) electrons. The number of rotatable bonds is 3. The molecule has 100 valence electrons. The smallest absolute Gasteiger partial charge is 0.119 e. The zero-order chi connectivity index (χ0) is 13.9. The van der Waals surface area contributed by atoms with Crippen molar-refractivity contribution < 1.29 is 0 Å². The van der Waals surface area contributed by atoms with Gasteiger partial charge >= 0.3 is 0 Å². The highest BCUT2D eigenvalue weighted by Gasteiger charge is 2.13. The van der Waals surface area contributed by atoms with E-state index in [4.69, 9.17) is 5.73 Å². The summed E-state index contributed by atoms with van der Waals surface area (Å²) in [5.74, 6) is 0. The zero-order valence-electron chi connectivity index (χ0n) is 11.6. The van der Waals surface area contributed by atoms with Gasteiger partial charge in [-0.1, -0.05) is 44.7 Å². The molecule has 2 rings (SSSR count). The summed E-state index contributed by atoms with van der Waals surface area (Å²) in [6.45, 7) is 7.07. The van der Waals surface area contributed by atoms with Gasteiger partial charge in [0.1, 0.15) is 5.03 Å². The van der Waals surface area contributed by atoms with Crippen LogP contribution in [0.4, 0.5) is 0 Å². The summed E-state index contributed by atoms with van der Waals surface area (Å²) in [4.78, 5) is 9.75. The van der Waals surface area contributed by atoms with Crippen LogP contribution < -0.4 is 5.73 Å². The Hall–Kier alpha value is -1.39. The van der Waals surface area contributed by atoms with E-state index in [1.165, 1.54) is 10.5 Å². The summed E-state index contributed by atoms with van der Waals surface area (Å²) >= 11 is 1.61. The van der Waals surface area contributed by atoms with Crippen molar-refractivity contribution in [3.05, 3.63) is 47.9 Å². The van der Waals surface area contributed by atoms with E-state index < -0.39 is 0 Å². The number of benzene rings is 1. The van der Waals surface area contributed by atoms with Crippen LogP contribution >= 0.6 is 11.8 Å². The third-order valence-electron chi connectivity index (χ3n) is 2.83. The monoisotopic (exact) mass is 273 g/mol. The summed E-state index contributed by atoms with van der Waals surface area (Å²) in [7, 11) is 0. The summed E-state index contributed by atoms with van der Waals surface area (Å²) in [5, 5.41) is 0.890. The van der Waals surface area contributed by atoms with Gasteiger partial charge in [-0.05, 0) is 23.1 Å². The molecule has 0 spiro atoms. The molecule has 4 heteroatoms. The lowest BCUT2D eigenvalue weighted by Gasteiger charge is -2.18. The molecule has 19 heavy (non-hydrogen) atoms. The molecule has 0 aliphatic heterocycles. The molecule has 0 unspecified atom stereocenters. The van der Waals surface area contributed by atoms with Crippen molar-refractivity contribution in [2.24, 2.45) is 5.73 Å². The van der Waals surface area contributed by atoms with E-state index in [1.54, 1.807) is 24.2 Å². The van der Waals surface area contributed by atoms with Gasteiger partial charge in [0.25, 0.3) is 0 Å². The summed E-state index contributed by atoms with van der Waals surface area (Å²) < 4.78 is 0. The molecule has 2 aromatic rings. The lowest BCUT2D eigenvalue weighted by atomic mass is 9.87. The number of nitrogens with zero attached hydrogens (tertiary/aromatic N) is 2. The fourth-order valence-corrected chi connectivity index (χ4v) is 2.37. The van der Waals surface area contributed by atoms with Gasteiger partial charge in [0.15, 0.2) is 0 Å². The van der Waals surface area contributed by atoms with Crippen LogP contribution in [0.2, 0.25) is 0 Å². The van der Waals surface area contributed by atoms with Crippen molar-refractivity contribution in [2.45, 2.75) is 42.7 Å². The molecule has 0 amide bonds. The minimum atomic E-state index is 0.186. The molecule has 0 atom stereocenters. The van der Waals surface area contributed by atoms with Gasteiger partial charge in [-0.2, -0.15) is 0 Å². The lowest BCUT2D eigenvalue weighted by Crippen LogP contribution is -2.10. The molecule has 0 bridgehead atoms. The van der Waals surface area contributed by atoms with Crippen molar-refractivity contribution in [1.82, 2.24) is 9.97 Å². The number of hydrogen-bond acceptors (Lipinski definition) is 4. The van der Waals surface area contributed by atoms with E-state index in [0.717, 1.165) is 10.7 Å². The SMILES string of the molecule is CC(C)(C)c1ccc(Sc2cnc(CN)cn2)cc1. The van der Waals surface area contributed by atoms with Crippen molar-refractivity contribution >= 4 is 11.8 Å². The van der Waals surface area contributed by atoms with E-state index in [1.807, 2.05) is 0 Å². The highest BCUT2D eigenvalue weighted by atomic mass is 32.2. The number of aromatic nitrogens is 2. The van der Waals surface area contributed by atoms with Crippen molar-refractivity contribution in [1.29, 1.82) is 0 Å². The third-order valence-corrected chi connectivity index (χ3v) is 3.76. The molecular weight excluding hydrogens is 254 g/mol. The highest BCUT2D eigenvalue weighted by molar-refractivity contribution is 7.99. The van der Waals surface area contributed by atoms with Crippen molar-refractivity contribution in [2.75, 3.05) is 0 Å². The van der Waals surface area contributed by atoms with Crippen LogP contribution in [-0.2, 0) is 12.0 Å². The van der Waals surface area contributed by atoms with E-state index >= 15 is 0 Å². The first kappa shape index (κ1) is 14.0. The van der Waals surface area contributed by atoms with Crippen LogP contribution in [-0.4, -0.2) is 9.97 Å². The van der Waals surface area contributed by atoms with Crippen LogP contribution in [0.1, 0.15) is 32.0 Å². The second-order valence-corrected chi connectivity index (χ2v) is 6.52. The second-order valence-electron chi connectivity index (χ2n) is 5.43. The molecule has 0 saturated heterocycles. The van der Waals surface area contributed by atoms with Gasteiger partial charge in [0.05, 0.1) is 18.1 Å². The molecule has 2 N–H and O–H groups in total. The first-order valence-corrected chi connectivity index (χ1v) is 7.10. The third kappa shape index (κ3) is 3.78. The topological polar surface area (TPSA) is 51.8 Å². The maximum Gasteiger partial charge on any atom is 0.119 e. The molecule has 3 nitrogen and oxygen atoms in total. The Morgan fingerprint density at radius 2 is 1.74 bits per heavy atom. The van der Waals surface area contributed by atoms with E-state index in [-0.39, 0.29) is 5.41 Å². The maximum absolute atomic E-state index is 5.50. The summed E-state index contributed by atoms with van der Waals surface area (Å²) in [6, 6.07) is 8.60. The summed E-state index contributed by atoms with van der Waals surface area (Å²) in [5.41, 5.74) is 7.83. The average molecular weight is 273 g/mol. The Kier molecular flexibility index (Phi) is 4.22. The lowest BCUT2D eigenvalue weighted by molar-refractivity contribution is 0.590. The maximum atomic E-state index is 5.50. The number of hydrogen-bond donors (Lipinski definition) is 1. The van der Waals surface area contributed by atoms with Crippen molar-refractivity contribution in [3.63, 3.8) is 0 Å². The van der Waals surface area contributed by atoms with Gasteiger partial charge in [-0.3, -0.25) is 4.98 Å². The van der Waals surface area contributed by atoms with E-state index in [2.05, 4.69) is 55.0 Å². The predicted octanol–water partition coefficient (Wildman–Crippen LogP) is 3.38. The second kappa shape index (κ2) is 5.72. The Labute approximate surface area is 118 Å². The molecule has 0 fully saturated rings. The van der Waals surface area contributed by atoms with Crippen LogP contribution in [0.3, 0.4) is 0 Å². The van der Waals surface area contributed by atoms with E-state index in [0.29, 0.717) is 6.54 Å². The minimum Gasteiger partial charge on any atom is -0.325 e. The Balaban J connectivity index is 2.10. The van der Waals surface area contributed by atoms with Crippen LogP contribution in [0.5, 0.6) is 0 Å². The normalized spacial score (nSPS) is 11.6. The fraction of sp³-hybridized carbons (Fsp3) is 0.333. The Morgan fingerprint density at radius 3 is 2.21 bits per heavy atom. The van der Waals surface area contributed by atoms with Gasteiger partial charge < -0.3 is 5.73 Å². The number of nitrogens with two attached hydrogens (primary N) is 1. The van der Waals surface area contributed by atoms with Gasteiger partial charge in [-0.25, -0.2) is 4.98 Å². The summed E-state index contributed by atoms with van der Waals surface area (Å²) in [6.07, 6.45) is 3.50. The van der Waals surface area contributed by atoms with Gasteiger partial charge in [-0.15, -0.1) is 0 Å². The predicted molar refractivity (Wildman–Crippen MR) is 79.2 cm³/mol. The molecular formula is C15H19N3S. The molecule has 1 aromatic carbocycles. The quantitative estimate of drug-likeness (QED) is 0.931. The van der Waals surface area contributed by atoms with Crippen LogP contribution in [0, 0.1) is 0 Å². The standard InChI is InChI=1S/C15H19N3S/c1-15(2,3)11-4-6-13(7-5-11)19-14-10-17-12(8-16)9-18-14/h4-7,9-10H,8,16H2,1-3H3. The average Bonchev–Trinajstić information content (AvgIpc) is 2.39. The van der Waals surface area contributed by atoms with Gasteiger partial charge in [0.2, 0.25) is 0 Å². The van der Waals surface area contributed by atoms with Crippen LogP contribution in [0.25, 0.3) is 0 Å². The Bertz CT molecular complexity index is 527.